The van der Waals surface area contributed by atoms with Gasteiger partial charge in [0.2, 0.25) is 11.8 Å². The van der Waals surface area contributed by atoms with Gasteiger partial charge in [-0.25, -0.2) is 9.37 Å². The third-order valence-corrected chi connectivity index (χ3v) is 5.73. The molecule has 1 unspecified atom stereocenters. The quantitative estimate of drug-likeness (QED) is 0.604. The SMILES string of the molecule is O=C1CCC(N2Cc3cc(-c4nc(C(F)F)oc4-c4ccccc4)c(F)cc3C2=O)C(=O)N1. The average molecular weight is 455 g/mol. The highest BCUT2D eigenvalue weighted by molar-refractivity contribution is 6.05. The summed E-state index contributed by atoms with van der Waals surface area (Å²) in [5.74, 6) is -3.23. The van der Waals surface area contributed by atoms with Crippen molar-refractivity contribution >= 4 is 17.7 Å². The molecule has 0 radical (unpaired) electrons. The van der Waals surface area contributed by atoms with E-state index in [1.165, 1.54) is 11.0 Å². The number of rotatable bonds is 4. The Morgan fingerprint density at radius 1 is 1.09 bits per heavy atom. The summed E-state index contributed by atoms with van der Waals surface area (Å²) in [4.78, 5) is 41.6. The monoisotopic (exact) mass is 455 g/mol. The van der Waals surface area contributed by atoms with Crippen molar-refractivity contribution < 1.29 is 32.0 Å². The van der Waals surface area contributed by atoms with Crippen molar-refractivity contribution in [1.29, 1.82) is 0 Å². The van der Waals surface area contributed by atoms with Crippen molar-refractivity contribution in [3.8, 4) is 22.6 Å². The first-order valence-electron chi connectivity index (χ1n) is 10.1. The number of hydrogen-bond acceptors (Lipinski definition) is 5. The predicted octanol–water partition coefficient (Wildman–Crippen LogP) is 3.85. The zero-order valence-corrected chi connectivity index (χ0v) is 17.0. The Balaban J connectivity index is 1.56. The summed E-state index contributed by atoms with van der Waals surface area (Å²) in [6.45, 7) is 0.00789. The maximum atomic E-state index is 15.1. The van der Waals surface area contributed by atoms with E-state index in [0.717, 1.165) is 6.07 Å². The number of imide groups is 1. The van der Waals surface area contributed by atoms with Crippen LogP contribution in [0.3, 0.4) is 0 Å². The normalized spacial score (nSPS) is 18.1. The largest absolute Gasteiger partial charge is 0.435 e. The fraction of sp³-hybridized carbons (Fsp3) is 0.217. The molecule has 2 aliphatic rings. The molecular weight excluding hydrogens is 439 g/mol. The van der Waals surface area contributed by atoms with Gasteiger partial charge >= 0.3 is 6.43 Å². The number of halogens is 3. The maximum Gasteiger partial charge on any atom is 0.313 e. The summed E-state index contributed by atoms with van der Waals surface area (Å²) in [5, 5.41) is 2.20. The molecule has 33 heavy (non-hydrogen) atoms. The number of carbonyl (C=O) groups excluding carboxylic acids is 3. The Kier molecular flexibility index (Phi) is 4.99. The van der Waals surface area contributed by atoms with E-state index in [1.807, 2.05) is 0 Å². The van der Waals surface area contributed by atoms with Crippen LogP contribution < -0.4 is 5.32 Å². The fourth-order valence-corrected chi connectivity index (χ4v) is 4.17. The van der Waals surface area contributed by atoms with E-state index in [1.54, 1.807) is 30.3 Å². The summed E-state index contributed by atoms with van der Waals surface area (Å²) in [7, 11) is 0. The molecule has 10 heteroatoms. The van der Waals surface area contributed by atoms with Crippen LogP contribution in [0, 0.1) is 5.82 Å². The van der Waals surface area contributed by atoms with Gasteiger partial charge < -0.3 is 9.32 Å². The van der Waals surface area contributed by atoms with Gasteiger partial charge in [-0.1, -0.05) is 30.3 Å². The highest BCUT2D eigenvalue weighted by Gasteiger charge is 2.40. The molecule has 3 heterocycles. The fourth-order valence-electron chi connectivity index (χ4n) is 4.17. The lowest BCUT2D eigenvalue weighted by Crippen LogP contribution is -2.52. The molecule has 1 fully saturated rings. The molecule has 5 rings (SSSR count). The Morgan fingerprint density at radius 3 is 2.55 bits per heavy atom. The number of oxazole rings is 1. The van der Waals surface area contributed by atoms with Gasteiger partial charge in [-0.15, -0.1) is 0 Å². The van der Waals surface area contributed by atoms with E-state index >= 15 is 4.39 Å². The number of piperidine rings is 1. The zero-order valence-electron chi connectivity index (χ0n) is 17.0. The molecule has 1 atom stereocenters. The van der Waals surface area contributed by atoms with Gasteiger partial charge in [0.1, 0.15) is 17.6 Å². The smallest absolute Gasteiger partial charge is 0.313 e. The molecule has 0 spiro atoms. The van der Waals surface area contributed by atoms with Crippen LogP contribution in [0.2, 0.25) is 0 Å². The number of nitrogens with zero attached hydrogens (tertiary/aromatic N) is 2. The van der Waals surface area contributed by atoms with Crippen LogP contribution in [0.15, 0.2) is 46.9 Å². The molecule has 0 aliphatic carbocycles. The van der Waals surface area contributed by atoms with Gasteiger partial charge in [-0.05, 0) is 24.1 Å². The molecule has 1 saturated heterocycles. The first kappa shape index (κ1) is 20.9. The summed E-state index contributed by atoms with van der Waals surface area (Å²) in [6, 6.07) is 9.87. The van der Waals surface area contributed by atoms with Crippen LogP contribution in [0.4, 0.5) is 13.2 Å². The summed E-state index contributed by atoms with van der Waals surface area (Å²) >= 11 is 0. The van der Waals surface area contributed by atoms with Gasteiger partial charge in [0, 0.05) is 29.7 Å². The first-order valence-corrected chi connectivity index (χ1v) is 10.1. The summed E-state index contributed by atoms with van der Waals surface area (Å²) in [5.41, 5.74) is 0.722. The number of nitrogens with one attached hydrogen (secondary N) is 1. The van der Waals surface area contributed by atoms with Crippen molar-refractivity contribution in [3.63, 3.8) is 0 Å². The zero-order chi connectivity index (χ0) is 23.3. The molecule has 2 aliphatic heterocycles. The molecule has 3 amide bonds. The van der Waals surface area contributed by atoms with Crippen LogP contribution in [0.5, 0.6) is 0 Å². The molecule has 3 aromatic rings. The topological polar surface area (TPSA) is 92.5 Å². The minimum Gasteiger partial charge on any atom is -0.435 e. The third-order valence-electron chi connectivity index (χ3n) is 5.73. The van der Waals surface area contributed by atoms with Gasteiger partial charge in [0.15, 0.2) is 5.76 Å². The van der Waals surface area contributed by atoms with Crippen molar-refractivity contribution in [2.45, 2.75) is 31.9 Å². The van der Waals surface area contributed by atoms with E-state index < -0.39 is 41.9 Å². The van der Waals surface area contributed by atoms with Crippen molar-refractivity contribution in [2.24, 2.45) is 0 Å². The van der Waals surface area contributed by atoms with Crippen molar-refractivity contribution in [2.75, 3.05) is 0 Å². The predicted molar refractivity (Wildman–Crippen MR) is 108 cm³/mol. The number of alkyl halides is 2. The van der Waals surface area contributed by atoms with E-state index in [9.17, 15) is 23.2 Å². The molecule has 1 aromatic heterocycles. The molecule has 0 saturated carbocycles. The number of fused-ring (bicyclic) bond motifs is 1. The number of amides is 3. The van der Waals surface area contributed by atoms with Crippen molar-refractivity contribution in [1.82, 2.24) is 15.2 Å². The number of carbonyl (C=O) groups is 3. The molecule has 1 N–H and O–H groups in total. The second-order valence-corrected chi connectivity index (χ2v) is 7.79. The summed E-state index contributed by atoms with van der Waals surface area (Å²) < 4.78 is 47.0. The van der Waals surface area contributed by atoms with E-state index in [-0.39, 0.29) is 42.0 Å². The Morgan fingerprint density at radius 2 is 1.85 bits per heavy atom. The number of hydrogen-bond donors (Lipinski definition) is 1. The lowest BCUT2D eigenvalue weighted by Gasteiger charge is -2.29. The first-order chi connectivity index (χ1) is 15.8. The van der Waals surface area contributed by atoms with Crippen LogP contribution in [-0.2, 0) is 16.1 Å². The van der Waals surface area contributed by atoms with E-state index in [4.69, 9.17) is 4.42 Å². The van der Waals surface area contributed by atoms with Crippen LogP contribution >= 0.6 is 0 Å². The van der Waals surface area contributed by atoms with E-state index in [2.05, 4.69) is 10.3 Å². The standard InChI is InChI=1S/C23H16F3N3O4/c24-15-9-13-12(10-29(23(13)32)16-6-7-17(30)27-21(16)31)8-14(15)18-19(11-4-2-1-3-5-11)33-22(28-18)20(25)26/h1-5,8-9,16,20H,6-7,10H2,(H,27,30,31). The maximum absolute atomic E-state index is 15.1. The number of aromatic nitrogens is 1. The lowest BCUT2D eigenvalue weighted by atomic mass is 10.0. The van der Waals surface area contributed by atoms with Gasteiger partial charge in [0.05, 0.1) is 0 Å². The Bertz CT molecular complexity index is 1290. The van der Waals surface area contributed by atoms with E-state index in [0.29, 0.717) is 11.1 Å². The second-order valence-electron chi connectivity index (χ2n) is 7.79. The van der Waals surface area contributed by atoms with Crippen molar-refractivity contribution in [3.05, 3.63) is 65.3 Å². The summed E-state index contributed by atoms with van der Waals surface area (Å²) in [6.07, 6.45) is -2.74. The van der Waals surface area contributed by atoms with Gasteiger partial charge in [0.25, 0.3) is 11.8 Å². The molecule has 2 aromatic carbocycles. The Labute approximate surface area is 185 Å². The van der Waals surface area contributed by atoms with Crippen LogP contribution in [0.1, 0.15) is 41.1 Å². The number of benzene rings is 2. The van der Waals surface area contributed by atoms with Gasteiger partial charge in [-0.2, -0.15) is 8.78 Å². The molecule has 168 valence electrons. The molecular formula is C23H16F3N3O4. The van der Waals surface area contributed by atoms with Crippen LogP contribution in [0.25, 0.3) is 22.6 Å². The van der Waals surface area contributed by atoms with Crippen LogP contribution in [-0.4, -0.2) is 33.6 Å². The highest BCUT2D eigenvalue weighted by atomic mass is 19.3. The molecule has 0 bridgehead atoms. The average Bonchev–Trinajstić information content (AvgIpc) is 3.36. The minimum atomic E-state index is -3.00. The Hall–Kier alpha value is -3.95. The molecule has 7 nitrogen and oxygen atoms in total. The highest BCUT2D eigenvalue weighted by Crippen LogP contribution is 2.39. The van der Waals surface area contributed by atoms with Gasteiger partial charge in [-0.3, -0.25) is 19.7 Å². The minimum absolute atomic E-state index is 0.00789. The second kappa shape index (κ2) is 7.88. The third kappa shape index (κ3) is 3.57. The lowest BCUT2D eigenvalue weighted by molar-refractivity contribution is -0.136.